The molecule has 1 atom stereocenters. The number of piperazine rings is 1. The average molecular weight is 322 g/mol. The molecule has 3 rings (SSSR count). The fourth-order valence-corrected chi connectivity index (χ4v) is 2.88. The normalized spacial score (nSPS) is 21.5. The molecule has 2 aliphatic heterocycles. The molecule has 8 nitrogen and oxygen atoms in total. The van der Waals surface area contributed by atoms with Gasteiger partial charge in [0.2, 0.25) is 0 Å². The quantitative estimate of drug-likeness (QED) is 0.876. The molecular weight excluding hydrogens is 300 g/mol. The number of hydrogen-bond donors (Lipinski definition) is 1. The minimum absolute atomic E-state index is 0.0553. The monoisotopic (exact) mass is 322 g/mol. The smallest absolute Gasteiger partial charge is 0.317 e. The van der Waals surface area contributed by atoms with Gasteiger partial charge in [0.1, 0.15) is 6.10 Å². The minimum atomic E-state index is -0.287. The highest BCUT2D eigenvalue weighted by Gasteiger charge is 2.31. The van der Waals surface area contributed by atoms with E-state index in [4.69, 9.17) is 9.26 Å². The van der Waals surface area contributed by atoms with Crippen LogP contribution in [0.1, 0.15) is 24.3 Å². The maximum absolute atomic E-state index is 12.3. The van der Waals surface area contributed by atoms with E-state index in [2.05, 4.69) is 10.5 Å². The lowest BCUT2D eigenvalue weighted by atomic mass is 10.2. The summed E-state index contributed by atoms with van der Waals surface area (Å²) in [6.07, 6.45) is 1.46. The third-order valence-electron chi connectivity index (χ3n) is 4.17. The molecular formula is C15H22N4O4. The highest BCUT2D eigenvalue weighted by Crippen LogP contribution is 2.16. The summed E-state index contributed by atoms with van der Waals surface area (Å²) >= 11 is 0. The molecule has 1 N–H and O–H groups in total. The number of carbonyl (C=O) groups excluding carboxylic acids is 2. The molecule has 8 heteroatoms. The Kier molecular flexibility index (Phi) is 4.80. The summed E-state index contributed by atoms with van der Waals surface area (Å²) in [6.45, 7) is 4.97. The third-order valence-corrected chi connectivity index (χ3v) is 4.17. The van der Waals surface area contributed by atoms with Gasteiger partial charge < -0.3 is 24.4 Å². The second-order valence-corrected chi connectivity index (χ2v) is 5.91. The van der Waals surface area contributed by atoms with Gasteiger partial charge in [0.15, 0.2) is 5.76 Å². The number of aromatic nitrogens is 1. The molecule has 3 amide bonds. The van der Waals surface area contributed by atoms with Crippen LogP contribution < -0.4 is 5.32 Å². The number of nitrogens with zero attached hydrogens (tertiary/aromatic N) is 3. The van der Waals surface area contributed by atoms with Gasteiger partial charge in [-0.2, -0.15) is 0 Å². The molecule has 126 valence electrons. The van der Waals surface area contributed by atoms with Gasteiger partial charge >= 0.3 is 6.03 Å². The van der Waals surface area contributed by atoms with E-state index in [1.165, 1.54) is 0 Å². The summed E-state index contributed by atoms with van der Waals surface area (Å²) in [5.41, 5.74) is 0.788. The minimum Gasteiger partial charge on any atom is -0.368 e. The SMILES string of the molecule is Cc1cc(CNC(=O)N2CCN(C(=O)C3CCCO3)CC2)on1. The van der Waals surface area contributed by atoms with Crippen LogP contribution in [-0.4, -0.2) is 65.8 Å². The maximum Gasteiger partial charge on any atom is 0.317 e. The van der Waals surface area contributed by atoms with Gasteiger partial charge in [0.05, 0.1) is 12.2 Å². The van der Waals surface area contributed by atoms with E-state index in [1.54, 1.807) is 15.9 Å². The molecule has 2 aliphatic rings. The van der Waals surface area contributed by atoms with E-state index in [1.807, 2.05) is 6.92 Å². The zero-order chi connectivity index (χ0) is 16.2. The van der Waals surface area contributed by atoms with Crippen LogP contribution in [0.15, 0.2) is 10.6 Å². The van der Waals surface area contributed by atoms with E-state index >= 15 is 0 Å². The van der Waals surface area contributed by atoms with Crippen LogP contribution in [0.25, 0.3) is 0 Å². The molecule has 23 heavy (non-hydrogen) atoms. The van der Waals surface area contributed by atoms with Gasteiger partial charge in [-0.25, -0.2) is 4.79 Å². The first-order valence-corrected chi connectivity index (χ1v) is 7.99. The van der Waals surface area contributed by atoms with Crippen molar-refractivity contribution in [2.75, 3.05) is 32.8 Å². The number of aryl methyl sites for hydroxylation is 1. The van der Waals surface area contributed by atoms with Gasteiger partial charge in [0.25, 0.3) is 5.91 Å². The predicted octanol–water partition coefficient (Wildman–Crippen LogP) is 0.516. The fraction of sp³-hybridized carbons (Fsp3) is 0.667. The molecule has 1 aromatic heterocycles. The predicted molar refractivity (Wildman–Crippen MR) is 80.6 cm³/mol. The average Bonchev–Trinajstić information content (AvgIpc) is 3.24. The highest BCUT2D eigenvalue weighted by atomic mass is 16.5. The molecule has 1 aromatic rings. The van der Waals surface area contributed by atoms with E-state index in [0.717, 1.165) is 18.5 Å². The van der Waals surface area contributed by atoms with Crippen molar-refractivity contribution in [2.45, 2.75) is 32.4 Å². The van der Waals surface area contributed by atoms with Crippen molar-refractivity contribution in [3.05, 3.63) is 17.5 Å². The number of hydrogen-bond acceptors (Lipinski definition) is 5. The van der Waals surface area contributed by atoms with Crippen LogP contribution in [0, 0.1) is 6.92 Å². The Bertz CT molecular complexity index is 560. The van der Waals surface area contributed by atoms with Crippen LogP contribution >= 0.6 is 0 Å². The number of carbonyl (C=O) groups is 2. The van der Waals surface area contributed by atoms with Gasteiger partial charge in [-0.3, -0.25) is 4.79 Å². The highest BCUT2D eigenvalue weighted by molar-refractivity contribution is 5.81. The number of urea groups is 1. The molecule has 3 heterocycles. The summed E-state index contributed by atoms with van der Waals surface area (Å²) in [5.74, 6) is 0.683. The second-order valence-electron chi connectivity index (χ2n) is 5.91. The Morgan fingerprint density at radius 3 is 2.65 bits per heavy atom. The zero-order valence-electron chi connectivity index (χ0n) is 13.3. The lowest BCUT2D eigenvalue weighted by Crippen LogP contribution is -2.54. The van der Waals surface area contributed by atoms with Crippen molar-refractivity contribution >= 4 is 11.9 Å². The third kappa shape index (κ3) is 3.82. The van der Waals surface area contributed by atoms with Crippen LogP contribution in [-0.2, 0) is 16.1 Å². The molecule has 2 saturated heterocycles. The second kappa shape index (κ2) is 6.99. The largest absolute Gasteiger partial charge is 0.368 e. The van der Waals surface area contributed by atoms with Crippen molar-refractivity contribution in [3.63, 3.8) is 0 Å². The summed E-state index contributed by atoms with van der Waals surface area (Å²) < 4.78 is 10.5. The van der Waals surface area contributed by atoms with Crippen LogP contribution in [0.2, 0.25) is 0 Å². The van der Waals surface area contributed by atoms with Gasteiger partial charge in [-0.15, -0.1) is 0 Å². The number of rotatable bonds is 3. The number of nitrogens with one attached hydrogen (secondary N) is 1. The Balaban J connectivity index is 1.42. The Hall–Kier alpha value is -2.09. The number of ether oxygens (including phenoxy) is 1. The Morgan fingerprint density at radius 1 is 1.30 bits per heavy atom. The van der Waals surface area contributed by atoms with Crippen molar-refractivity contribution in [2.24, 2.45) is 0 Å². The van der Waals surface area contributed by atoms with Crippen LogP contribution in [0.3, 0.4) is 0 Å². The molecule has 0 aromatic carbocycles. The van der Waals surface area contributed by atoms with Crippen molar-refractivity contribution in [3.8, 4) is 0 Å². The van der Waals surface area contributed by atoms with Crippen LogP contribution in [0.4, 0.5) is 4.79 Å². The van der Waals surface area contributed by atoms with E-state index in [0.29, 0.717) is 45.1 Å². The van der Waals surface area contributed by atoms with E-state index in [9.17, 15) is 9.59 Å². The summed E-state index contributed by atoms with van der Waals surface area (Å²) in [7, 11) is 0. The fourth-order valence-electron chi connectivity index (χ4n) is 2.88. The number of amides is 3. The summed E-state index contributed by atoms with van der Waals surface area (Å²) in [4.78, 5) is 27.9. The van der Waals surface area contributed by atoms with E-state index < -0.39 is 0 Å². The maximum atomic E-state index is 12.3. The zero-order valence-corrected chi connectivity index (χ0v) is 13.3. The standard InChI is InChI=1S/C15H22N4O4/c1-11-9-12(23-17-11)10-16-15(21)19-6-4-18(5-7-19)14(20)13-3-2-8-22-13/h9,13H,2-8,10H2,1H3,(H,16,21). The molecule has 0 saturated carbocycles. The van der Waals surface area contributed by atoms with Gasteiger partial charge in [0, 0.05) is 38.9 Å². The van der Waals surface area contributed by atoms with E-state index in [-0.39, 0.29) is 18.0 Å². The summed E-state index contributed by atoms with van der Waals surface area (Å²) in [5, 5.41) is 6.58. The van der Waals surface area contributed by atoms with Gasteiger partial charge in [-0.05, 0) is 19.8 Å². The Morgan fingerprint density at radius 2 is 2.04 bits per heavy atom. The molecule has 0 spiro atoms. The first-order chi connectivity index (χ1) is 11.1. The van der Waals surface area contributed by atoms with Crippen molar-refractivity contribution in [1.29, 1.82) is 0 Å². The van der Waals surface area contributed by atoms with Gasteiger partial charge in [-0.1, -0.05) is 5.16 Å². The molecule has 1 unspecified atom stereocenters. The molecule has 2 fully saturated rings. The first-order valence-electron chi connectivity index (χ1n) is 7.99. The molecule has 0 bridgehead atoms. The lowest BCUT2D eigenvalue weighted by molar-refractivity contribution is -0.142. The van der Waals surface area contributed by atoms with Crippen LogP contribution in [0.5, 0.6) is 0 Å². The summed E-state index contributed by atoms with van der Waals surface area (Å²) in [6, 6.07) is 1.64. The first kappa shape index (κ1) is 15.8. The molecule has 0 radical (unpaired) electrons. The lowest BCUT2D eigenvalue weighted by Gasteiger charge is -2.35. The Labute approximate surface area is 134 Å². The molecule has 0 aliphatic carbocycles. The van der Waals surface area contributed by atoms with Crippen molar-refractivity contribution < 1.29 is 18.8 Å². The topological polar surface area (TPSA) is 87.9 Å². The van der Waals surface area contributed by atoms with Crippen molar-refractivity contribution in [1.82, 2.24) is 20.3 Å².